The fourth-order valence-corrected chi connectivity index (χ4v) is 2.95. The summed E-state index contributed by atoms with van der Waals surface area (Å²) in [5.74, 6) is -4.99. The molecule has 0 heterocycles. The minimum Gasteiger partial charge on any atom is -0.481 e. The van der Waals surface area contributed by atoms with E-state index in [1.165, 1.54) is 0 Å². The standard InChI is InChI=1S/C20H38N6O8/c21-9-3-1-5-12(23)17(30)24-14(7-8-16(28)29)19(32)25-13(6-2-4-10-22)18(31)26-15(11-27)20(33)34/h12-15,27H,1-11,21-23H2,(H,24,30)(H,25,32)(H,26,31)(H,28,29)(H,33,34). The van der Waals surface area contributed by atoms with Crippen LogP contribution in [0.25, 0.3) is 0 Å². The number of carboxylic acids is 2. The molecular formula is C20H38N6O8. The van der Waals surface area contributed by atoms with E-state index in [-0.39, 0.29) is 12.8 Å². The number of nitrogens with two attached hydrogens (primary N) is 3. The van der Waals surface area contributed by atoms with E-state index in [1.807, 2.05) is 0 Å². The molecule has 0 aromatic carbocycles. The fraction of sp³-hybridized carbons (Fsp3) is 0.750. The van der Waals surface area contributed by atoms with Gasteiger partial charge in [0.1, 0.15) is 18.1 Å². The highest BCUT2D eigenvalue weighted by molar-refractivity contribution is 5.94. The Labute approximate surface area is 198 Å². The van der Waals surface area contributed by atoms with Crippen LogP contribution >= 0.6 is 0 Å². The van der Waals surface area contributed by atoms with Crippen molar-refractivity contribution in [3.63, 3.8) is 0 Å². The topological polar surface area (TPSA) is 260 Å². The van der Waals surface area contributed by atoms with E-state index in [1.54, 1.807) is 0 Å². The summed E-state index contributed by atoms with van der Waals surface area (Å²) < 4.78 is 0. The van der Waals surface area contributed by atoms with Crippen LogP contribution in [0.15, 0.2) is 0 Å². The van der Waals surface area contributed by atoms with Crippen molar-refractivity contribution >= 4 is 29.7 Å². The summed E-state index contributed by atoms with van der Waals surface area (Å²) in [6.07, 6.45) is 1.93. The first-order valence-corrected chi connectivity index (χ1v) is 11.2. The van der Waals surface area contributed by atoms with Gasteiger partial charge in [-0.25, -0.2) is 4.79 Å². The molecule has 0 rings (SSSR count). The van der Waals surface area contributed by atoms with Gasteiger partial charge >= 0.3 is 11.9 Å². The second kappa shape index (κ2) is 17.6. The van der Waals surface area contributed by atoms with Crippen LogP contribution in [0.4, 0.5) is 0 Å². The van der Waals surface area contributed by atoms with E-state index in [0.717, 1.165) is 0 Å². The first-order chi connectivity index (χ1) is 16.1. The fourth-order valence-electron chi connectivity index (χ4n) is 2.95. The lowest BCUT2D eigenvalue weighted by Gasteiger charge is -2.25. The Hall–Kier alpha value is -2.81. The smallest absolute Gasteiger partial charge is 0.328 e. The van der Waals surface area contributed by atoms with Gasteiger partial charge in [0, 0.05) is 6.42 Å². The summed E-state index contributed by atoms with van der Waals surface area (Å²) in [6, 6.07) is -5.00. The number of rotatable bonds is 19. The zero-order valence-corrected chi connectivity index (χ0v) is 19.2. The van der Waals surface area contributed by atoms with E-state index in [2.05, 4.69) is 16.0 Å². The monoisotopic (exact) mass is 490 g/mol. The zero-order chi connectivity index (χ0) is 26.1. The van der Waals surface area contributed by atoms with Gasteiger partial charge in [0.15, 0.2) is 0 Å². The summed E-state index contributed by atoms with van der Waals surface area (Å²) in [6.45, 7) is -0.0928. The molecule has 0 bridgehead atoms. The van der Waals surface area contributed by atoms with Crippen LogP contribution in [-0.2, 0) is 24.0 Å². The quantitative estimate of drug-likeness (QED) is 0.0822. The number of amides is 3. The van der Waals surface area contributed by atoms with Crippen LogP contribution in [-0.4, -0.2) is 88.8 Å². The summed E-state index contributed by atoms with van der Waals surface area (Å²) in [5.41, 5.74) is 16.7. The van der Waals surface area contributed by atoms with Crippen molar-refractivity contribution in [2.45, 2.75) is 75.5 Å². The number of hydrogen-bond donors (Lipinski definition) is 9. The highest BCUT2D eigenvalue weighted by atomic mass is 16.4. The number of carbonyl (C=O) groups excluding carboxylic acids is 3. The summed E-state index contributed by atoms with van der Waals surface area (Å²) in [4.78, 5) is 60.0. The summed E-state index contributed by atoms with van der Waals surface area (Å²) in [5, 5.41) is 34.2. The van der Waals surface area contributed by atoms with Gasteiger partial charge < -0.3 is 48.5 Å². The molecule has 0 saturated carbocycles. The molecule has 0 fully saturated rings. The molecule has 12 N–H and O–H groups in total. The number of nitrogens with one attached hydrogen (secondary N) is 3. The third kappa shape index (κ3) is 13.0. The Morgan fingerprint density at radius 2 is 1.15 bits per heavy atom. The molecule has 0 aromatic heterocycles. The van der Waals surface area contributed by atoms with Gasteiger partial charge in [-0.15, -0.1) is 0 Å². The molecule has 0 saturated heterocycles. The number of aliphatic carboxylic acids is 2. The highest BCUT2D eigenvalue weighted by Gasteiger charge is 2.30. The van der Waals surface area contributed by atoms with Crippen LogP contribution in [0.3, 0.4) is 0 Å². The summed E-state index contributed by atoms with van der Waals surface area (Å²) >= 11 is 0. The normalized spacial score (nSPS) is 14.4. The SMILES string of the molecule is NCCCCC(N)C(=O)NC(CCC(=O)O)C(=O)NC(CCCCN)C(=O)NC(CO)C(=O)O. The van der Waals surface area contributed by atoms with Crippen molar-refractivity contribution in [1.82, 2.24) is 16.0 Å². The first kappa shape index (κ1) is 31.2. The Balaban J connectivity index is 5.41. The van der Waals surface area contributed by atoms with Gasteiger partial charge in [-0.2, -0.15) is 0 Å². The average molecular weight is 491 g/mol. The lowest BCUT2D eigenvalue weighted by molar-refractivity contribution is -0.143. The van der Waals surface area contributed by atoms with Crippen molar-refractivity contribution in [2.75, 3.05) is 19.7 Å². The van der Waals surface area contributed by atoms with Crippen molar-refractivity contribution in [3.05, 3.63) is 0 Å². The van der Waals surface area contributed by atoms with E-state index in [0.29, 0.717) is 45.2 Å². The van der Waals surface area contributed by atoms with Crippen LogP contribution in [0.1, 0.15) is 51.4 Å². The molecule has 0 aliphatic heterocycles. The van der Waals surface area contributed by atoms with Crippen LogP contribution < -0.4 is 33.2 Å². The number of carboxylic acid groups (broad SMARTS) is 2. The lowest BCUT2D eigenvalue weighted by Crippen LogP contribution is -2.57. The average Bonchev–Trinajstić information content (AvgIpc) is 2.78. The van der Waals surface area contributed by atoms with Crippen molar-refractivity contribution in [1.29, 1.82) is 0 Å². The molecule has 0 aliphatic carbocycles. The largest absolute Gasteiger partial charge is 0.481 e. The second-order valence-electron chi connectivity index (χ2n) is 7.81. The predicted molar refractivity (Wildman–Crippen MR) is 121 cm³/mol. The Kier molecular flexibility index (Phi) is 16.2. The Morgan fingerprint density at radius 3 is 1.62 bits per heavy atom. The molecule has 0 aromatic rings. The van der Waals surface area contributed by atoms with E-state index in [4.69, 9.17) is 32.5 Å². The van der Waals surface area contributed by atoms with Crippen LogP contribution in [0, 0.1) is 0 Å². The molecule has 0 radical (unpaired) electrons. The van der Waals surface area contributed by atoms with E-state index >= 15 is 0 Å². The predicted octanol–water partition coefficient (Wildman–Crippen LogP) is -3.03. The van der Waals surface area contributed by atoms with Crippen LogP contribution in [0.2, 0.25) is 0 Å². The highest BCUT2D eigenvalue weighted by Crippen LogP contribution is 2.06. The molecule has 4 atom stereocenters. The van der Waals surface area contributed by atoms with Crippen molar-refractivity contribution < 1.29 is 39.3 Å². The maximum absolute atomic E-state index is 12.9. The van der Waals surface area contributed by atoms with Crippen molar-refractivity contribution in [2.24, 2.45) is 17.2 Å². The number of hydrogen-bond acceptors (Lipinski definition) is 9. The van der Waals surface area contributed by atoms with Gasteiger partial charge in [-0.3, -0.25) is 19.2 Å². The molecule has 196 valence electrons. The van der Waals surface area contributed by atoms with Gasteiger partial charge in [0.25, 0.3) is 0 Å². The van der Waals surface area contributed by atoms with E-state index in [9.17, 15) is 24.0 Å². The second-order valence-corrected chi connectivity index (χ2v) is 7.81. The Morgan fingerprint density at radius 1 is 0.676 bits per heavy atom. The van der Waals surface area contributed by atoms with E-state index < -0.39 is 66.9 Å². The molecule has 14 heteroatoms. The maximum Gasteiger partial charge on any atom is 0.328 e. The van der Waals surface area contributed by atoms with Gasteiger partial charge in [-0.1, -0.05) is 6.42 Å². The minimum atomic E-state index is -1.57. The molecule has 14 nitrogen and oxygen atoms in total. The molecule has 0 aliphatic rings. The third-order valence-corrected chi connectivity index (χ3v) is 4.96. The molecular weight excluding hydrogens is 452 g/mol. The zero-order valence-electron chi connectivity index (χ0n) is 19.2. The lowest BCUT2D eigenvalue weighted by atomic mass is 10.0. The minimum absolute atomic E-state index is 0.102. The molecule has 34 heavy (non-hydrogen) atoms. The number of aliphatic hydroxyl groups excluding tert-OH is 1. The number of unbranched alkanes of at least 4 members (excludes halogenated alkanes) is 2. The van der Waals surface area contributed by atoms with Crippen molar-refractivity contribution in [3.8, 4) is 0 Å². The molecule has 0 spiro atoms. The third-order valence-electron chi connectivity index (χ3n) is 4.96. The van der Waals surface area contributed by atoms with Gasteiger partial charge in [0.2, 0.25) is 17.7 Å². The van der Waals surface area contributed by atoms with Gasteiger partial charge in [0.05, 0.1) is 12.6 Å². The number of aliphatic hydroxyl groups is 1. The molecule has 3 amide bonds. The first-order valence-electron chi connectivity index (χ1n) is 11.2. The molecule has 4 unspecified atom stereocenters. The Bertz CT molecular complexity index is 677. The van der Waals surface area contributed by atoms with Crippen LogP contribution in [0.5, 0.6) is 0 Å². The number of carbonyl (C=O) groups is 5. The maximum atomic E-state index is 12.9. The summed E-state index contributed by atoms with van der Waals surface area (Å²) in [7, 11) is 0. The van der Waals surface area contributed by atoms with Gasteiger partial charge in [-0.05, 0) is 51.6 Å².